The van der Waals surface area contributed by atoms with Crippen molar-refractivity contribution in [3.63, 3.8) is 0 Å². The largest absolute Gasteiger partial charge is 0.308 e. The fraction of sp³-hybridized carbons (Fsp3) is 0.375. The van der Waals surface area contributed by atoms with E-state index in [0.29, 0.717) is 0 Å². The van der Waals surface area contributed by atoms with Crippen LogP contribution in [0.2, 0.25) is 0 Å². The van der Waals surface area contributed by atoms with Gasteiger partial charge in [-0.2, -0.15) is 0 Å². The lowest BCUT2D eigenvalue weighted by atomic mass is 10.0. The summed E-state index contributed by atoms with van der Waals surface area (Å²) in [5.41, 5.74) is 3.67. The Balaban J connectivity index is 2.19. The first-order chi connectivity index (χ1) is 9.31. The minimum Gasteiger partial charge on any atom is -0.308 e. The summed E-state index contributed by atoms with van der Waals surface area (Å²) in [6.07, 6.45) is 7.63. The fourth-order valence-electron chi connectivity index (χ4n) is 2.20. The van der Waals surface area contributed by atoms with Gasteiger partial charge in [0.25, 0.3) is 0 Å². The van der Waals surface area contributed by atoms with Crippen molar-refractivity contribution in [2.24, 2.45) is 0 Å². The van der Waals surface area contributed by atoms with E-state index in [0.717, 1.165) is 25.1 Å². The molecule has 1 atom stereocenters. The summed E-state index contributed by atoms with van der Waals surface area (Å²) in [6, 6.07) is 8.51. The highest BCUT2D eigenvalue weighted by molar-refractivity contribution is 5.24. The molecule has 2 aromatic heterocycles. The van der Waals surface area contributed by atoms with Crippen molar-refractivity contribution in [3.05, 3.63) is 59.7 Å². The molecule has 0 amide bonds. The molecule has 0 aliphatic carbocycles. The van der Waals surface area contributed by atoms with Crippen LogP contribution in [0.5, 0.6) is 0 Å². The van der Waals surface area contributed by atoms with E-state index in [4.69, 9.17) is 0 Å². The van der Waals surface area contributed by atoms with Crippen LogP contribution in [0, 0.1) is 6.92 Å². The maximum atomic E-state index is 4.55. The van der Waals surface area contributed by atoms with Crippen molar-refractivity contribution in [2.45, 2.75) is 32.7 Å². The van der Waals surface area contributed by atoms with Gasteiger partial charge >= 0.3 is 0 Å². The van der Waals surface area contributed by atoms with Crippen LogP contribution in [0.15, 0.2) is 42.9 Å². The van der Waals surface area contributed by atoms with Crippen LogP contribution in [-0.4, -0.2) is 16.5 Å². The minimum atomic E-state index is 0.267. The Morgan fingerprint density at radius 1 is 1.16 bits per heavy atom. The third-order valence-electron chi connectivity index (χ3n) is 3.21. The van der Waals surface area contributed by atoms with Crippen LogP contribution >= 0.6 is 0 Å². The average Bonchev–Trinajstić information content (AvgIpc) is 2.45. The van der Waals surface area contributed by atoms with E-state index in [9.17, 15) is 0 Å². The van der Waals surface area contributed by atoms with Crippen molar-refractivity contribution in [2.75, 3.05) is 6.54 Å². The first-order valence-corrected chi connectivity index (χ1v) is 6.85. The van der Waals surface area contributed by atoms with Gasteiger partial charge in [-0.25, -0.2) is 0 Å². The molecule has 0 aliphatic rings. The summed E-state index contributed by atoms with van der Waals surface area (Å²) in [7, 11) is 0. The number of aryl methyl sites for hydroxylation is 1. The van der Waals surface area contributed by atoms with E-state index in [1.54, 1.807) is 0 Å². The number of nitrogens with zero attached hydrogens (tertiary/aromatic N) is 2. The van der Waals surface area contributed by atoms with E-state index in [1.165, 1.54) is 11.1 Å². The molecule has 2 heterocycles. The molecule has 2 aromatic rings. The number of nitrogens with one attached hydrogen (secondary N) is 1. The first kappa shape index (κ1) is 13.7. The Bertz CT molecular complexity index is 496. The second kappa shape index (κ2) is 7.00. The Kier molecular flexibility index (Phi) is 5.04. The van der Waals surface area contributed by atoms with Crippen LogP contribution in [0.1, 0.15) is 36.2 Å². The van der Waals surface area contributed by atoms with E-state index in [2.05, 4.69) is 47.3 Å². The third kappa shape index (κ3) is 3.86. The van der Waals surface area contributed by atoms with Crippen molar-refractivity contribution in [1.82, 2.24) is 15.3 Å². The predicted octanol–water partition coefficient (Wildman–Crippen LogP) is 3.07. The molecule has 1 unspecified atom stereocenters. The van der Waals surface area contributed by atoms with Gasteiger partial charge in [-0.05, 0) is 55.6 Å². The number of aromatic nitrogens is 2. The summed E-state index contributed by atoms with van der Waals surface area (Å²) in [5, 5.41) is 3.59. The summed E-state index contributed by atoms with van der Waals surface area (Å²) in [5.74, 6) is 0. The third-order valence-corrected chi connectivity index (χ3v) is 3.21. The molecule has 19 heavy (non-hydrogen) atoms. The number of hydrogen-bond donors (Lipinski definition) is 1. The van der Waals surface area contributed by atoms with Gasteiger partial charge in [0.1, 0.15) is 0 Å². The van der Waals surface area contributed by atoms with Gasteiger partial charge in [-0.1, -0.05) is 13.0 Å². The maximum Gasteiger partial charge on any atom is 0.0605 e. The fourth-order valence-corrected chi connectivity index (χ4v) is 2.20. The highest BCUT2D eigenvalue weighted by Crippen LogP contribution is 2.19. The van der Waals surface area contributed by atoms with Crippen molar-refractivity contribution in [3.8, 4) is 0 Å². The lowest BCUT2D eigenvalue weighted by Crippen LogP contribution is -2.25. The summed E-state index contributed by atoms with van der Waals surface area (Å²) < 4.78 is 0. The standard InChI is InChI=1S/C16H21N3/c1-3-8-18-15(12-14-6-10-17-11-7-14)16-13(2)5-4-9-19-16/h4-7,9-11,15,18H,3,8,12H2,1-2H3. The molecule has 1 N–H and O–H groups in total. The molecular weight excluding hydrogens is 234 g/mol. The molecule has 0 bridgehead atoms. The molecule has 0 aliphatic heterocycles. The van der Waals surface area contributed by atoms with E-state index in [1.807, 2.05) is 24.7 Å². The van der Waals surface area contributed by atoms with Crippen LogP contribution in [-0.2, 0) is 6.42 Å². The molecule has 2 rings (SSSR count). The molecular formula is C16H21N3. The van der Waals surface area contributed by atoms with Crippen LogP contribution < -0.4 is 5.32 Å². The van der Waals surface area contributed by atoms with Gasteiger partial charge in [-0.15, -0.1) is 0 Å². The average molecular weight is 255 g/mol. The van der Waals surface area contributed by atoms with Crippen molar-refractivity contribution >= 4 is 0 Å². The van der Waals surface area contributed by atoms with Gasteiger partial charge in [0.2, 0.25) is 0 Å². The number of pyridine rings is 2. The van der Waals surface area contributed by atoms with Gasteiger partial charge in [-0.3, -0.25) is 9.97 Å². The molecule has 0 radical (unpaired) electrons. The first-order valence-electron chi connectivity index (χ1n) is 6.85. The van der Waals surface area contributed by atoms with Crippen molar-refractivity contribution in [1.29, 1.82) is 0 Å². The number of rotatable bonds is 6. The monoisotopic (exact) mass is 255 g/mol. The SMILES string of the molecule is CCCNC(Cc1ccncc1)c1ncccc1C. The van der Waals surface area contributed by atoms with Gasteiger partial charge in [0.05, 0.1) is 11.7 Å². The van der Waals surface area contributed by atoms with Crippen LogP contribution in [0.3, 0.4) is 0 Å². The molecule has 3 nitrogen and oxygen atoms in total. The summed E-state index contributed by atoms with van der Waals surface area (Å²) >= 11 is 0. The molecule has 0 saturated carbocycles. The highest BCUT2D eigenvalue weighted by atomic mass is 14.9. The molecule has 0 saturated heterocycles. The zero-order chi connectivity index (χ0) is 13.5. The minimum absolute atomic E-state index is 0.267. The Labute approximate surface area is 115 Å². The Hall–Kier alpha value is -1.74. The van der Waals surface area contributed by atoms with Gasteiger partial charge in [0, 0.05) is 18.6 Å². The van der Waals surface area contributed by atoms with Gasteiger partial charge in [0.15, 0.2) is 0 Å². The zero-order valence-corrected chi connectivity index (χ0v) is 11.6. The topological polar surface area (TPSA) is 37.8 Å². The molecule has 100 valence electrons. The molecule has 3 heteroatoms. The van der Waals surface area contributed by atoms with E-state index < -0.39 is 0 Å². The number of hydrogen-bond acceptors (Lipinski definition) is 3. The smallest absolute Gasteiger partial charge is 0.0605 e. The Morgan fingerprint density at radius 2 is 1.95 bits per heavy atom. The normalized spacial score (nSPS) is 12.3. The maximum absolute atomic E-state index is 4.55. The molecule has 0 spiro atoms. The lowest BCUT2D eigenvalue weighted by Gasteiger charge is -2.19. The predicted molar refractivity (Wildman–Crippen MR) is 77.9 cm³/mol. The van der Waals surface area contributed by atoms with Crippen molar-refractivity contribution < 1.29 is 0 Å². The quantitative estimate of drug-likeness (QED) is 0.862. The summed E-state index contributed by atoms with van der Waals surface area (Å²) in [6.45, 7) is 5.31. The molecule has 0 aromatic carbocycles. The van der Waals surface area contributed by atoms with E-state index in [-0.39, 0.29) is 6.04 Å². The molecule has 0 fully saturated rings. The zero-order valence-electron chi connectivity index (χ0n) is 11.6. The highest BCUT2D eigenvalue weighted by Gasteiger charge is 2.14. The summed E-state index contributed by atoms with van der Waals surface area (Å²) in [4.78, 5) is 8.62. The van der Waals surface area contributed by atoms with E-state index >= 15 is 0 Å². The van der Waals surface area contributed by atoms with Gasteiger partial charge < -0.3 is 5.32 Å². The van der Waals surface area contributed by atoms with Crippen LogP contribution in [0.4, 0.5) is 0 Å². The second-order valence-corrected chi connectivity index (χ2v) is 4.77. The lowest BCUT2D eigenvalue weighted by molar-refractivity contribution is 0.515. The Morgan fingerprint density at radius 3 is 2.63 bits per heavy atom. The van der Waals surface area contributed by atoms with Crippen LogP contribution in [0.25, 0.3) is 0 Å². The second-order valence-electron chi connectivity index (χ2n) is 4.77.